The molecule has 0 aromatic heterocycles. The van der Waals surface area contributed by atoms with Crippen molar-refractivity contribution in [2.45, 2.75) is 18.8 Å². The molecule has 57 heavy (non-hydrogen) atoms. The van der Waals surface area contributed by atoms with E-state index in [0.29, 0.717) is 20.9 Å². The van der Waals surface area contributed by atoms with Gasteiger partial charge in [0.25, 0.3) is 0 Å². The third kappa shape index (κ3) is 5.76. The maximum atomic E-state index is 14.5. The summed E-state index contributed by atoms with van der Waals surface area (Å²) in [5, 5.41) is 58.7. The maximum absolute atomic E-state index is 14.5. The van der Waals surface area contributed by atoms with Crippen molar-refractivity contribution < 1.29 is 44.0 Å². The summed E-state index contributed by atoms with van der Waals surface area (Å²) in [6, 6.07) is 9.40. The number of phenolic OH excluding ortho intramolecular Hbond substituents is 1. The molecule has 21 heteroatoms. The number of fused-ring (bicyclic) bond motifs is 4. The number of imide groups is 2. The Balaban J connectivity index is 1.35. The van der Waals surface area contributed by atoms with Crippen molar-refractivity contribution in [2.75, 3.05) is 47.8 Å². The van der Waals surface area contributed by atoms with E-state index < -0.39 is 113 Å². The van der Waals surface area contributed by atoms with Gasteiger partial charge in [-0.1, -0.05) is 23.8 Å². The van der Waals surface area contributed by atoms with Crippen molar-refractivity contribution in [3.8, 4) is 5.75 Å². The van der Waals surface area contributed by atoms with Crippen LogP contribution >= 0.6 is 0 Å². The Morgan fingerprint density at radius 2 is 1.00 bits per heavy atom. The van der Waals surface area contributed by atoms with E-state index in [2.05, 4.69) is 0 Å². The highest BCUT2D eigenvalue weighted by Gasteiger charge is 2.62. The zero-order chi connectivity index (χ0) is 41.5. The van der Waals surface area contributed by atoms with E-state index in [-0.39, 0.29) is 30.0 Å². The number of benzene rings is 3. The second kappa shape index (κ2) is 13.5. The fourth-order valence-electron chi connectivity index (χ4n) is 9.06. The zero-order valence-electron chi connectivity index (χ0n) is 30.5. The predicted molar refractivity (Wildman–Crippen MR) is 199 cm³/mol. The summed E-state index contributed by atoms with van der Waals surface area (Å²) in [7, 11) is 5.44. The second-order valence-electron chi connectivity index (χ2n) is 14.6. The van der Waals surface area contributed by atoms with E-state index in [1.165, 1.54) is 57.4 Å². The second-order valence-corrected chi connectivity index (χ2v) is 14.6. The van der Waals surface area contributed by atoms with Gasteiger partial charge in [-0.3, -0.25) is 59.6 Å². The van der Waals surface area contributed by atoms with Gasteiger partial charge in [0.1, 0.15) is 5.75 Å². The van der Waals surface area contributed by atoms with Crippen LogP contribution in [0.2, 0.25) is 0 Å². The van der Waals surface area contributed by atoms with Gasteiger partial charge < -0.3 is 14.9 Å². The van der Waals surface area contributed by atoms with Gasteiger partial charge >= 0.3 is 22.7 Å². The third-order valence-electron chi connectivity index (χ3n) is 11.2. The number of carbonyl (C=O) groups is 4. The van der Waals surface area contributed by atoms with Gasteiger partial charge in [0.2, 0.25) is 23.6 Å². The number of nitro groups is 4. The summed E-state index contributed by atoms with van der Waals surface area (Å²) >= 11 is 0. The Kier molecular flexibility index (Phi) is 8.97. The number of hydrogen-bond donors (Lipinski definition) is 1. The van der Waals surface area contributed by atoms with Gasteiger partial charge in [-0.05, 0) is 36.5 Å². The third-order valence-corrected chi connectivity index (χ3v) is 11.2. The number of nitro benzene ring substituents is 4. The summed E-state index contributed by atoms with van der Waals surface area (Å²) in [5.41, 5.74) is -3.48. The van der Waals surface area contributed by atoms with E-state index in [4.69, 9.17) is 0 Å². The first-order valence-electron chi connectivity index (χ1n) is 17.4. The minimum atomic E-state index is -1.21. The molecule has 0 radical (unpaired) electrons. The molecule has 4 aliphatic rings. The number of nitrogens with zero attached hydrogens (tertiary/aromatic N) is 8. The number of allylic oxidation sites excluding steroid dienone is 2. The molecule has 2 aliphatic carbocycles. The quantitative estimate of drug-likeness (QED) is 0.138. The van der Waals surface area contributed by atoms with Crippen LogP contribution in [0.5, 0.6) is 5.75 Å². The Morgan fingerprint density at radius 3 is 1.40 bits per heavy atom. The fraction of sp³-hybridized carbons (Fsp3) is 0.333. The molecule has 3 aromatic rings. The Morgan fingerprint density at radius 1 is 0.596 bits per heavy atom. The van der Waals surface area contributed by atoms with Crippen molar-refractivity contribution in [2.24, 2.45) is 29.6 Å². The summed E-state index contributed by atoms with van der Waals surface area (Å²) in [6.45, 7) is 0. The minimum absolute atomic E-state index is 0.0419. The van der Waals surface area contributed by atoms with Gasteiger partial charge in [-0.25, -0.2) is 9.80 Å². The zero-order valence-corrected chi connectivity index (χ0v) is 30.5. The Hall–Kier alpha value is -7.32. The number of rotatable bonds is 9. The molecule has 294 valence electrons. The first-order valence-corrected chi connectivity index (χ1v) is 17.4. The molecule has 3 aromatic carbocycles. The van der Waals surface area contributed by atoms with Crippen LogP contribution in [0, 0.1) is 70.0 Å². The Bertz CT molecular complexity index is 2320. The topological polar surface area (TPSA) is 274 Å². The standard InChI is InChI=1S/C36H32N8O13/c1-37(2)31-24(41(50)51)11-17(12-25(31)42(52)53)39-33(46)21-10-9-20-22(29(21)35(39)48)15-23-30(28(20)16-5-7-19(45)8-6-16)36(49)40(34(23)47)18-13-26(43(54)55)32(38(3)4)27(14-18)44(56)57/h5-9,11-14,21-23,28-30,45H,10,15H2,1-4H3. The van der Waals surface area contributed by atoms with Gasteiger partial charge in [0.15, 0.2) is 11.4 Å². The summed E-state index contributed by atoms with van der Waals surface area (Å²) in [4.78, 5) is 106. The van der Waals surface area contributed by atoms with Gasteiger partial charge in [-0.15, -0.1) is 0 Å². The minimum Gasteiger partial charge on any atom is -0.508 e. The highest BCUT2D eigenvalue weighted by Crippen LogP contribution is 2.59. The summed E-state index contributed by atoms with van der Waals surface area (Å²) < 4.78 is 0. The fourth-order valence-corrected chi connectivity index (χ4v) is 9.06. The molecular weight excluding hydrogens is 752 g/mol. The average Bonchev–Trinajstić information content (AvgIpc) is 3.56. The SMILES string of the molecule is CN(C)c1c([N+](=O)[O-])cc(N2C(=O)C3CC=C4C(CC5C(=O)N(c6cc([N+](=O)[O-])c(N(C)C)c([N+](=O)[O-])c6)C(=O)C5C4c4ccc(O)cc4)C3C2=O)cc1[N+](=O)[O-]. The van der Waals surface area contributed by atoms with Crippen molar-refractivity contribution in [3.63, 3.8) is 0 Å². The number of hydrogen-bond acceptors (Lipinski definition) is 15. The average molecular weight is 785 g/mol. The monoisotopic (exact) mass is 784 g/mol. The molecule has 0 spiro atoms. The van der Waals surface area contributed by atoms with Crippen LogP contribution in [0.15, 0.2) is 60.2 Å². The molecule has 4 amide bonds. The maximum Gasteiger partial charge on any atom is 0.301 e. The van der Waals surface area contributed by atoms with Crippen LogP contribution in [0.25, 0.3) is 0 Å². The molecule has 3 fully saturated rings. The molecule has 2 saturated heterocycles. The number of aromatic hydroxyl groups is 1. The number of carbonyl (C=O) groups excluding carboxylic acids is 4. The molecule has 21 nitrogen and oxygen atoms in total. The molecule has 1 N–H and O–H groups in total. The smallest absolute Gasteiger partial charge is 0.301 e. The van der Waals surface area contributed by atoms with Crippen molar-refractivity contribution >= 4 is 69.1 Å². The molecular formula is C36H32N8O13. The van der Waals surface area contributed by atoms with Crippen molar-refractivity contribution in [3.05, 3.63) is 106 Å². The molecule has 2 aliphatic heterocycles. The number of phenols is 1. The van der Waals surface area contributed by atoms with E-state index >= 15 is 0 Å². The lowest BCUT2D eigenvalue weighted by Crippen LogP contribution is -2.43. The lowest BCUT2D eigenvalue weighted by atomic mass is 9.57. The largest absolute Gasteiger partial charge is 0.508 e. The lowest BCUT2D eigenvalue weighted by molar-refractivity contribution is -0.392. The summed E-state index contributed by atoms with van der Waals surface area (Å²) in [6.07, 6.45) is 1.47. The normalized spacial score (nSPS) is 23.8. The first kappa shape index (κ1) is 38.0. The lowest BCUT2D eigenvalue weighted by Gasteiger charge is -2.44. The molecule has 0 bridgehead atoms. The van der Waals surface area contributed by atoms with E-state index in [9.17, 15) is 64.7 Å². The van der Waals surface area contributed by atoms with Crippen molar-refractivity contribution in [1.29, 1.82) is 0 Å². The van der Waals surface area contributed by atoms with E-state index in [1.807, 2.05) is 0 Å². The summed E-state index contributed by atoms with van der Waals surface area (Å²) in [5.74, 6) is -9.85. The highest BCUT2D eigenvalue weighted by atomic mass is 16.6. The van der Waals surface area contributed by atoms with Gasteiger partial charge in [-0.2, -0.15) is 0 Å². The molecule has 2 heterocycles. The number of anilines is 4. The molecule has 6 unspecified atom stereocenters. The first-order chi connectivity index (χ1) is 26.8. The molecule has 7 rings (SSSR count). The van der Waals surface area contributed by atoms with E-state index in [0.717, 1.165) is 29.2 Å². The van der Waals surface area contributed by atoms with Crippen LogP contribution in [0.3, 0.4) is 0 Å². The van der Waals surface area contributed by atoms with Gasteiger partial charge in [0, 0.05) is 58.4 Å². The van der Waals surface area contributed by atoms with Crippen LogP contribution in [-0.4, -0.2) is 76.6 Å². The molecule has 1 saturated carbocycles. The highest BCUT2D eigenvalue weighted by molar-refractivity contribution is 6.24. The van der Waals surface area contributed by atoms with E-state index in [1.54, 1.807) is 6.08 Å². The Labute approximate surface area is 320 Å². The van der Waals surface area contributed by atoms with Crippen LogP contribution in [0.1, 0.15) is 24.3 Å². The van der Waals surface area contributed by atoms with Crippen LogP contribution < -0.4 is 19.6 Å². The predicted octanol–water partition coefficient (Wildman–Crippen LogP) is 4.20. The van der Waals surface area contributed by atoms with Crippen molar-refractivity contribution in [1.82, 2.24) is 0 Å². The van der Waals surface area contributed by atoms with Crippen LogP contribution in [-0.2, 0) is 19.2 Å². The van der Waals surface area contributed by atoms with Crippen LogP contribution in [0.4, 0.5) is 45.5 Å². The molecule has 6 atom stereocenters. The van der Waals surface area contributed by atoms with Gasteiger partial charge in [0.05, 0.1) is 54.7 Å². The number of amides is 4.